The van der Waals surface area contributed by atoms with E-state index in [1.54, 1.807) is 30.6 Å². The summed E-state index contributed by atoms with van der Waals surface area (Å²) in [5, 5.41) is 11.5. The van der Waals surface area contributed by atoms with Gasteiger partial charge in [-0.1, -0.05) is 12.1 Å². The predicted molar refractivity (Wildman–Crippen MR) is 72.0 cm³/mol. The van der Waals surface area contributed by atoms with E-state index in [1.165, 1.54) is 0 Å². The van der Waals surface area contributed by atoms with Crippen LogP contribution in [0.5, 0.6) is 11.5 Å². The molecule has 0 atom stereocenters. The molecule has 0 aliphatic heterocycles. The highest BCUT2D eigenvalue weighted by Crippen LogP contribution is 2.24. The van der Waals surface area contributed by atoms with Gasteiger partial charge in [0.05, 0.1) is 0 Å². The minimum atomic E-state index is 0.246. The fraction of sp³-hybridized carbons (Fsp3) is 0.0667. The van der Waals surface area contributed by atoms with Crippen LogP contribution in [0.3, 0.4) is 0 Å². The van der Waals surface area contributed by atoms with Crippen molar-refractivity contribution in [2.24, 2.45) is 0 Å². The second-order valence-electron chi connectivity index (χ2n) is 4.15. The van der Waals surface area contributed by atoms with E-state index in [0.29, 0.717) is 12.4 Å². The van der Waals surface area contributed by atoms with Gasteiger partial charge in [0.1, 0.15) is 18.1 Å². The summed E-state index contributed by atoms with van der Waals surface area (Å²) in [5.41, 5.74) is 0. The minimum Gasteiger partial charge on any atom is -0.508 e. The summed E-state index contributed by atoms with van der Waals surface area (Å²) in [4.78, 5) is 8.19. The lowest BCUT2D eigenvalue weighted by atomic mass is 10.1. The first-order valence-corrected chi connectivity index (χ1v) is 5.93. The Hall–Kier alpha value is -2.62. The molecule has 1 heterocycles. The Kier molecular flexibility index (Phi) is 2.98. The van der Waals surface area contributed by atoms with Crippen molar-refractivity contribution in [2.45, 2.75) is 6.61 Å². The van der Waals surface area contributed by atoms with Crippen LogP contribution < -0.4 is 4.74 Å². The summed E-state index contributed by atoms with van der Waals surface area (Å²) >= 11 is 0. The number of nitrogens with zero attached hydrogens (tertiary/aromatic N) is 2. The summed E-state index contributed by atoms with van der Waals surface area (Å²) < 4.78 is 5.63. The number of aromatic nitrogens is 2. The van der Waals surface area contributed by atoms with Crippen molar-refractivity contribution >= 4 is 10.8 Å². The van der Waals surface area contributed by atoms with Crippen molar-refractivity contribution < 1.29 is 9.84 Å². The molecule has 0 aliphatic rings. The van der Waals surface area contributed by atoms with Crippen LogP contribution in [0.1, 0.15) is 5.82 Å². The molecule has 3 aromatic rings. The third-order valence-electron chi connectivity index (χ3n) is 2.78. The lowest BCUT2D eigenvalue weighted by Gasteiger charge is -2.06. The van der Waals surface area contributed by atoms with E-state index in [-0.39, 0.29) is 5.75 Å². The maximum atomic E-state index is 9.47. The largest absolute Gasteiger partial charge is 0.508 e. The number of aromatic hydroxyl groups is 1. The molecule has 0 saturated heterocycles. The van der Waals surface area contributed by atoms with E-state index in [1.807, 2.05) is 24.3 Å². The maximum Gasteiger partial charge on any atom is 0.166 e. The normalized spacial score (nSPS) is 10.5. The average molecular weight is 252 g/mol. The highest BCUT2D eigenvalue weighted by Gasteiger charge is 2.00. The van der Waals surface area contributed by atoms with Crippen molar-refractivity contribution in [3.8, 4) is 11.5 Å². The second-order valence-corrected chi connectivity index (χ2v) is 4.15. The highest BCUT2D eigenvalue weighted by atomic mass is 16.5. The first-order chi connectivity index (χ1) is 9.31. The molecule has 1 aromatic heterocycles. The Morgan fingerprint density at radius 3 is 2.58 bits per heavy atom. The Bertz CT molecular complexity index is 699. The van der Waals surface area contributed by atoms with Gasteiger partial charge in [0.15, 0.2) is 5.82 Å². The fourth-order valence-corrected chi connectivity index (χ4v) is 1.85. The monoisotopic (exact) mass is 252 g/mol. The molecule has 0 spiro atoms. The molecule has 0 unspecified atom stereocenters. The van der Waals surface area contributed by atoms with Gasteiger partial charge in [-0.05, 0) is 41.1 Å². The summed E-state index contributed by atoms with van der Waals surface area (Å²) in [6.07, 6.45) is 3.37. The Labute approximate surface area is 110 Å². The molecular weight excluding hydrogens is 240 g/mol. The van der Waals surface area contributed by atoms with Crippen LogP contribution >= 0.6 is 0 Å². The topological polar surface area (TPSA) is 55.2 Å². The van der Waals surface area contributed by atoms with Gasteiger partial charge in [-0.2, -0.15) is 0 Å². The van der Waals surface area contributed by atoms with E-state index < -0.39 is 0 Å². The highest BCUT2D eigenvalue weighted by molar-refractivity contribution is 5.85. The number of hydrogen-bond donors (Lipinski definition) is 1. The molecule has 19 heavy (non-hydrogen) atoms. The van der Waals surface area contributed by atoms with Crippen molar-refractivity contribution in [1.82, 2.24) is 9.97 Å². The van der Waals surface area contributed by atoms with Crippen molar-refractivity contribution in [2.75, 3.05) is 0 Å². The number of rotatable bonds is 3. The van der Waals surface area contributed by atoms with E-state index in [4.69, 9.17) is 4.74 Å². The van der Waals surface area contributed by atoms with Gasteiger partial charge in [-0.15, -0.1) is 0 Å². The number of fused-ring (bicyclic) bond motifs is 1. The number of hydrogen-bond acceptors (Lipinski definition) is 4. The number of phenols is 1. The zero-order valence-electron chi connectivity index (χ0n) is 10.2. The minimum absolute atomic E-state index is 0.246. The zero-order chi connectivity index (χ0) is 13.1. The number of ether oxygens (including phenoxy) is 1. The van der Waals surface area contributed by atoms with Crippen LogP contribution in [-0.2, 0) is 6.61 Å². The molecule has 0 saturated carbocycles. The van der Waals surface area contributed by atoms with Gasteiger partial charge in [0.25, 0.3) is 0 Å². The summed E-state index contributed by atoms with van der Waals surface area (Å²) in [5.74, 6) is 1.61. The molecule has 0 amide bonds. The molecule has 3 rings (SSSR count). The first-order valence-electron chi connectivity index (χ1n) is 5.93. The lowest BCUT2D eigenvalue weighted by Crippen LogP contribution is -2.00. The molecular formula is C15H12N2O2. The molecule has 4 heteroatoms. The quantitative estimate of drug-likeness (QED) is 0.778. The maximum absolute atomic E-state index is 9.47. The molecule has 0 fully saturated rings. The van der Waals surface area contributed by atoms with Crippen LogP contribution in [0.4, 0.5) is 0 Å². The van der Waals surface area contributed by atoms with E-state index in [0.717, 1.165) is 16.5 Å². The van der Waals surface area contributed by atoms with Gasteiger partial charge < -0.3 is 9.84 Å². The third kappa shape index (κ3) is 2.63. The fourth-order valence-electron chi connectivity index (χ4n) is 1.85. The average Bonchev–Trinajstić information content (AvgIpc) is 2.46. The zero-order valence-corrected chi connectivity index (χ0v) is 10.2. The van der Waals surface area contributed by atoms with E-state index in [9.17, 15) is 5.11 Å². The molecule has 0 aliphatic carbocycles. The number of benzene rings is 2. The molecule has 1 N–H and O–H groups in total. The summed E-state index contributed by atoms with van der Waals surface area (Å²) in [6.45, 7) is 0.325. The van der Waals surface area contributed by atoms with Crippen LogP contribution in [0.25, 0.3) is 10.8 Å². The third-order valence-corrected chi connectivity index (χ3v) is 2.78. The van der Waals surface area contributed by atoms with Gasteiger partial charge in [0, 0.05) is 12.4 Å². The Morgan fingerprint density at radius 2 is 1.74 bits per heavy atom. The SMILES string of the molecule is Oc1ccc2ccc(OCc3ncccn3)cc2c1. The van der Waals surface area contributed by atoms with Crippen LogP contribution in [0, 0.1) is 0 Å². The van der Waals surface area contributed by atoms with E-state index in [2.05, 4.69) is 9.97 Å². The van der Waals surface area contributed by atoms with Crippen molar-refractivity contribution in [3.63, 3.8) is 0 Å². The second kappa shape index (κ2) is 4.94. The summed E-state index contributed by atoms with van der Waals surface area (Å²) in [7, 11) is 0. The first kappa shape index (κ1) is 11.5. The van der Waals surface area contributed by atoms with Gasteiger partial charge >= 0.3 is 0 Å². The van der Waals surface area contributed by atoms with Gasteiger partial charge in [-0.3, -0.25) is 0 Å². The Morgan fingerprint density at radius 1 is 0.947 bits per heavy atom. The standard InChI is InChI=1S/C15H12N2O2/c18-13-4-2-11-3-5-14(9-12(11)8-13)19-10-15-16-6-1-7-17-15/h1-9,18H,10H2. The van der Waals surface area contributed by atoms with Crippen LogP contribution in [0.2, 0.25) is 0 Å². The van der Waals surface area contributed by atoms with Crippen LogP contribution in [0.15, 0.2) is 54.9 Å². The van der Waals surface area contributed by atoms with Crippen molar-refractivity contribution in [3.05, 3.63) is 60.7 Å². The smallest absolute Gasteiger partial charge is 0.166 e. The van der Waals surface area contributed by atoms with E-state index >= 15 is 0 Å². The Balaban J connectivity index is 1.81. The molecule has 94 valence electrons. The molecule has 0 radical (unpaired) electrons. The van der Waals surface area contributed by atoms with Gasteiger partial charge in [-0.25, -0.2) is 9.97 Å². The molecule has 4 nitrogen and oxygen atoms in total. The van der Waals surface area contributed by atoms with Crippen LogP contribution in [-0.4, -0.2) is 15.1 Å². The molecule has 2 aromatic carbocycles. The predicted octanol–water partition coefficient (Wildman–Crippen LogP) is 2.91. The summed E-state index contributed by atoms with van der Waals surface area (Å²) in [6, 6.07) is 12.7. The van der Waals surface area contributed by atoms with Gasteiger partial charge in [0.2, 0.25) is 0 Å². The lowest BCUT2D eigenvalue weighted by molar-refractivity contribution is 0.296. The number of phenolic OH excluding ortho intramolecular Hbond substituents is 1. The molecule has 0 bridgehead atoms. The van der Waals surface area contributed by atoms with Crippen molar-refractivity contribution in [1.29, 1.82) is 0 Å².